The van der Waals surface area contributed by atoms with Gasteiger partial charge in [0.1, 0.15) is 23.8 Å². The molecule has 0 saturated carbocycles. The van der Waals surface area contributed by atoms with Gasteiger partial charge in [0.25, 0.3) is 11.8 Å². The molecule has 234 valence electrons. The quantitative estimate of drug-likeness (QED) is 0.103. The second kappa shape index (κ2) is 16.2. The highest BCUT2D eigenvalue weighted by molar-refractivity contribution is 6.11. The molecule has 2 N–H and O–H groups in total. The van der Waals surface area contributed by atoms with Crippen molar-refractivity contribution in [3.05, 3.63) is 173 Å². The number of benzene rings is 5. The van der Waals surface area contributed by atoms with Gasteiger partial charge < -0.3 is 20.1 Å². The van der Waals surface area contributed by atoms with Gasteiger partial charge >= 0.3 is 0 Å². The number of carbonyl (C=O) groups excluding carboxylic acids is 3. The normalized spacial score (nSPS) is 11.1. The minimum atomic E-state index is -0.532. The highest BCUT2D eigenvalue weighted by atomic mass is 16.5. The first-order valence-corrected chi connectivity index (χ1v) is 15.2. The molecule has 0 unspecified atom stereocenters. The van der Waals surface area contributed by atoms with Crippen molar-refractivity contribution in [2.24, 2.45) is 0 Å². The Morgan fingerprint density at radius 2 is 1.34 bits per heavy atom. The molecule has 0 aliphatic rings. The Labute approximate surface area is 274 Å². The second-order valence-corrected chi connectivity index (χ2v) is 10.4. The first-order chi connectivity index (χ1) is 23.0. The summed E-state index contributed by atoms with van der Waals surface area (Å²) >= 11 is 0. The smallest absolute Gasteiger partial charge is 0.272 e. The molecule has 5 aromatic carbocycles. The molecule has 5 aromatic rings. The van der Waals surface area contributed by atoms with Crippen LogP contribution >= 0.6 is 0 Å². The van der Waals surface area contributed by atoms with E-state index < -0.39 is 11.8 Å². The lowest BCUT2D eigenvalue weighted by atomic mass is 10.1. The number of allylic oxidation sites excluding steroid dienone is 1. The van der Waals surface area contributed by atoms with Gasteiger partial charge in [-0.2, -0.15) is 0 Å². The van der Waals surface area contributed by atoms with E-state index in [1.54, 1.807) is 72.8 Å². The van der Waals surface area contributed by atoms with Crippen molar-refractivity contribution in [3.63, 3.8) is 0 Å². The van der Waals surface area contributed by atoms with Crippen molar-refractivity contribution in [1.29, 1.82) is 0 Å². The van der Waals surface area contributed by atoms with Gasteiger partial charge in [-0.25, -0.2) is 0 Å². The number of ketones is 1. The number of amides is 2. The Bertz CT molecular complexity index is 1860. The zero-order chi connectivity index (χ0) is 32.8. The van der Waals surface area contributed by atoms with Crippen LogP contribution in [0.4, 0.5) is 5.69 Å². The van der Waals surface area contributed by atoms with Crippen LogP contribution in [0.25, 0.3) is 12.2 Å². The summed E-state index contributed by atoms with van der Waals surface area (Å²) < 4.78 is 11.5. The number of anilines is 1. The maximum absolute atomic E-state index is 13.4. The Kier molecular flexibility index (Phi) is 11.1. The molecule has 0 fully saturated rings. The Balaban J connectivity index is 1.23. The molecular weight excluding hydrogens is 588 g/mol. The van der Waals surface area contributed by atoms with E-state index >= 15 is 0 Å². The molecule has 0 heterocycles. The van der Waals surface area contributed by atoms with Crippen LogP contribution in [0, 0.1) is 0 Å². The second-order valence-electron chi connectivity index (χ2n) is 10.4. The first-order valence-electron chi connectivity index (χ1n) is 15.2. The predicted molar refractivity (Wildman–Crippen MR) is 185 cm³/mol. The van der Waals surface area contributed by atoms with Gasteiger partial charge in [0, 0.05) is 22.4 Å². The summed E-state index contributed by atoms with van der Waals surface area (Å²) in [5.74, 6) is 0.179. The predicted octanol–water partition coefficient (Wildman–Crippen LogP) is 7.97. The zero-order valence-electron chi connectivity index (χ0n) is 25.9. The van der Waals surface area contributed by atoms with Crippen molar-refractivity contribution in [2.45, 2.75) is 13.5 Å². The van der Waals surface area contributed by atoms with E-state index in [0.29, 0.717) is 41.3 Å². The molecule has 0 bridgehead atoms. The van der Waals surface area contributed by atoms with Crippen molar-refractivity contribution in [3.8, 4) is 11.5 Å². The van der Waals surface area contributed by atoms with Crippen molar-refractivity contribution in [1.82, 2.24) is 5.32 Å². The SMILES string of the molecule is CCOc1ccccc1/C=C(\NC(=O)c1ccccc1)C(=O)Nc1ccc(C(=O)/C=C/c2ccc(OCc3ccccc3)cc2)cc1. The topological polar surface area (TPSA) is 93.7 Å². The molecule has 0 aliphatic heterocycles. The number of nitrogens with one attached hydrogen (secondary N) is 2. The molecule has 7 nitrogen and oxygen atoms in total. The van der Waals surface area contributed by atoms with Crippen LogP contribution in [-0.2, 0) is 11.4 Å². The van der Waals surface area contributed by atoms with E-state index in [-0.39, 0.29) is 11.5 Å². The molecule has 47 heavy (non-hydrogen) atoms. The van der Waals surface area contributed by atoms with Crippen molar-refractivity contribution in [2.75, 3.05) is 11.9 Å². The van der Waals surface area contributed by atoms with Gasteiger partial charge in [-0.15, -0.1) is 0 Å². The Morgan fingerprint density at radius 3 is 2.04 bits per heavy atom. The van der Waals surface area contributed by atoms with Crippen molar-refractivity contribution < 1.29 is 23.9 Å². The maximum Gasteiger partial charge on any atom is 0.272 e. The van der Waals surface area contributed by atoms with Gasteiger partial charge in [0.2, 0.25) is 0 Å². The fraction of sp³-hybridized carbons (Fsp3) is 0.0750. The van der Waals surface area contributed by atoms with E-state index in [4.69, 9.17) is 9.47 Å². The van der Waals surface area contributed by atoms with Gasteiger partial charge in [0.05, 0.1) is 6.61 Å². The van der Waals surface area contributed by atoms with E-state index in [1.165, 1.54) is 6.08 Å². The highest BCUT2D eigenvalue weighted by Crippen LogP contribution is 2.22. The van der Waals surface area contributed by atoms with Crippen LogP contribution in [0.15, 0.2) is 145 Å². The number of hydrogen-bond donors (Lipinski definition) is 2. The maximum atomic E-state index is 13.4. The van der Waals surface area contributed by atoms with Crippen molar-refractivity contribution >= 4 is 35.4 Å². The van der Waals surface area contributed by atoms with Crippen LogP contribution in [0.3, 0.4) is 0 Å². The summed E-state index contributed by atoms with van der Waals surface area (Å²) in [6.45, 7) is 2.79. The van der Waals surface area contributed by atoms with Crippen LogP contribution in [-0.4, -0.2) is 24.2 Å². The summed E-state index contributed by atoms with van der Waals surface area (Å²) in [4.78, 5) is 39.3. The lowest BCUT2D eigenvalue weighted by Crippen LogP contribution is -2.30. The molecule has 7 heteroatoms. The first kappa shape index (κ1) is 32.2. The average molecular weight is 623 g/mol. The number of hydrogen-bond acceptors (Lipinski definition) is 5. The highest BCUT2D eigenvalue weighted by Gasteiger charge is 2.16. The molecule has 0 aromatic heterocycles. The number of para-hydroxylation sites is 1. The Morgan fingerprint density at radius 1 is 0.681 bits per heavy atom. The zero-order valence-corrected chi connectivity index (χ0v) is 25.9. The third-order valence-corrected chi connectivity index (χ3v) is 7.03. The number of carbonyl (C=O) groups is 3. The van der Waals surface area contributed by atoms with E-state index in [0.717, 1.165) is 16.9 Å². The molecule has 0 spiro atoms. The van der Waals surface area contributed by atoms with Crippen LogP contribution in [0.5, 0.6) is 11.5 Å². The molecule has 0 atom stereocenters. The molecule has 5 rings (SSSR count). The molecule has 0 saturated heterocycles. The van der Waals surface area contributed by atoms with Crippen LogP contribution in [0.2, 0.25) is 0 Å². The monoisotopic (exact) mass is 622 g/mol. The van der Waals surface area contributed by atoms with E-state index in [9.17, 15) is 14.4 Å². The third-order valence-electron chi connectivity index (χ3n) is 7.03. The largest absolute Gasteiger partial charge is 0.493 e. The van der Waals surface area contributed by atoms with Gasteiger partial charge in [-0.3, -0.25) is 14.4 Å². The summed E-state index contributed by atoms with van der Waals surface area (Å²) in [7, 11) is 0. The number of ether oxygens (including phenoxy) is 2. The number of rotatable bonds is 13. The summed E-state index contributed by atoms with van der Waals surface area (Å²) in [6, 6.07) is 39.9. The lowest BCUT2D eigenvalue weighted by molar-refractivity contribution is -0.113. The van der Waals surface area contributed by atoms with E-state index in [1.807, 2.05) is 79.7 Å². The minimum absolute atomic E-state index is 0.0329. The third kappa shape index (κ3) is 9.39. The van der Waals surface area contributed by atoms with Gasteiger partial charge in [0.15, 0.2) is 5.78 Å². The van der Waals surface area contributed by atoms with Gasteiger partial charge in [-0.1, -0.05) is 84.9 Å². The van der Waals surface area contributed by atoms with E-state index in [2.05, 4.69) is 10.6 Å². The molecular formula is C40H34N2O5. The standard InChI is InChI=1S/C40H34N2O5/c1-2-46-38-16-10-9-15-33(38)27-36(42-39(44)32-13-7-4-8-14-32)40(45)41-34-22-20-31(21-23-34)37(43)26-19-29-17-24-35(25-18-29)47-28-30-11-5-3-6-12-30/h3-27H,2,28H2,1H3,(H,41,45)(H,42,44)/b26-19+,36-27-. The fourth-order valence-electron chi connectivity index (χ4n) is 4.59. The molecule has 2 amide bonds. The van der Waals surface area contributed by atoms with Gasteiger partial charge in [-0.05, 0) is 84.8 Å². The van der Waals surface area contributed by atoms with Crippen LogP contribution in [0.1, 0.15) is 44.3 Å². The Hall–Kier alpha value is -6.21. The molecule has 0 radical (unpaired) electrons. The summed E-state index contributed by atoms with van der Waals surface area (Å²) in [6.07, 6.45) is 4.82. The fourth-order valence-corrected chi connectivity index (χ4v) is 4.59. The summed E-state index contributed by atoms with van der Waals surface area (Å²) in [5.41, 5.74) is 3.94. The minimum Gasteiger partial charge on any atom is -0.493 e. The molecule has 0 aliphatic carbocycles. The van der Waals surface area contributed by atoms with Crippen LogP contribution < -0.4 is 20.1 Å². The lowest BCUT2D eigenvalue weighted by Gasteiger charge is -2.13. The average Bonchev–Trinajstić information content (AvgIpc) is 3.12. The summed E-state index contributed by atoms with van der Waals surface area (Å²) in [5, 5.41) is 5.55.